The highest BCUT2D eigenvalue weighted by Gasteiger charge is 2.48. The monoisotopic (exact) mass is 413 g/mol. The molecule has 2 aliphatic rings. The lowest BCUT2D eigenvalue weighted by Crippen LogP contribution is -2.47. The lowest BCUT2D eigenvalue weighted by Gasteiger charge is -2.33. The van der Waals surface area contributed by atoms with Gasteiger partial charge in [0.1, 0.15) is 11.9 Å². The maximum atomic E-state index is 14.0. The second-order valence-corrected chi connectivity index (χ2v) is 7.75. The molecule has 3 aromatic rings. The van der Waals surface area contributed by atoms with Crippen LogP contribution in [0.15, 0.2) is 48.9 Å². The molecule has 0 N–H and O–H groups in total. The van der Waals surface area contributed by atoms with Gasteiger partial charge in [-0.25, -0.2) is 9.37 Å². The van der Waals surface area contributed by atoms with Crippen LogP contribution in [0.5, 0.6) is 5.88 Å². The van der Waals surface area contributed by atoms with Crippen molar-refractivity contribution in [1.29, 1.82) is 0 Å². The van der Waals surface area contributed by atoms with Crippen LogP contribution in [-0.2, 0) is 0 Å². The number of ether oxygens (including phenoxy) is 1. The van der Waals surface area contributed by atoms with E-state index in [4.69, 9.17) is 16.3 Å². The predicted molar refractivity (Wildman–Crippen MR) is 103 cm³/mol. The van der Waals surface area contributed by atoms with Gasteiger partial charge in [0.15, 0.2) is 0 Å². The molecule has 2 aromatic heterocycles. The molecule has 7 nitrogen and oxygen atoms in total. The van der Waals surface area contributed by atoms with Crippen molar-refractivity contribution in [3.63, 3.8) is 0 Å². The number of fused-ring (bicyclic) bond motifs is 2. The number of piperidine rings is 1. The third-order valence-electron chi connectivity index (χ3n) is 5.48. The first-order chi connectivity index (χ1) is 14.1. The second kappa shape index (κ2) is 7.11. The number of benzene rings is 1. The number of pyridine rings is 1. The lowest BCUT2D eigenvalue weighted by molar-refractivity contribution is 0.0466. The molecule has 0 spiro atoms. The van der Waals surface area contributed by atoms with E-state index in [0.29, 0.717) is 29.1 Å². The summed E-state index contributed by atoms with van der Waals surface area (Å²) in [7, 11) is 0. The van der Waals surface area contributed by atoms with Gasteiger partial charge in [-0.3, -0.25) is 4.79 Å². The van der Waals surface area contributed by atoms with Gasteiger partial charge in [0, 0.05) is 18.8 Å². The number of nitrogens with zero attached hydrogens (tertiary/aromatic N) is 5. The van der Waals surface area contributed by atoms with Gasteiger partial charge in [0.05, 0.1) is 34.7 Å². The number of rotatable bonds is 4. The molecule has 29 heavy (non-hydrogen) atoms. The highest BCUT2D eigenvalue weighted by atomic mass is 35.5. The maximum Gasteiger partial charge on any atom is 0.256 e. The Bertz CT molecular complexity index is 1040. The van der Waals surface area contributed by atoms with E-state index in [1.807, 2.05) is 0 Å². The van der Waals surface area contributed by atoms with E-state index >= 15 is 0 Å². The first-order valence-electron chi connectivity index (χ1n) is 9.34. The summed E-state index contributed by atoms with van der Waals surface area (Å²) in [6, 6.07) is 7.40. The summed E-state index contributed by atoms with van der Waals surface area (Å²) in [5, 5.41) is 8.70. The van der Waals surface area contributed by atoms with Crippen molar-refractivity contribution in [2.24, 2.45) is 5.92 Å². The van der Waals surface area contributed by atoms with Gasteiger partial charge in [-0.1, -0.05) is 11.6 Å². The number of hydrogen-bond acceptors (Lipinski definition) is 5. The largest absolute Gasteiger partial charge is 0.472 e. The Kier molecular flexibility index (Phi) is 4.43. The Hall–Kier alpha value is -3.00. The summed E-state index contributed by atoms with van der Waals surface area (Å²) in [6.07, 6.45) is 6.11. The Morgan fingerprint density at radius 2 is 2.00 bits per heavy atom. The van der Waals surface area contributed by atoms with Crippen LogP contribution in [0.25, 0.3) is 5.69 Å². The van der Waals surface area contributed by atoms with Crippen molar-refractivity contribution in [3.8, 4) is 11.6 Å². The average Bonchev–Trinajstić information content (AvgIpc) is 3.46. The van der Waals surface area contributed by atoms with Gasteiger partial charge in [0.2, 0.25) is 5.88 Å². The van der Waals surface area contributed by atoms with Crippen molar-refractivity contribution >= 4 is 17.5 Å². The van der Waals surface area contributed by atoms with Crippen LogP contribution in [0.2, 0.25) is 5.02 Å². The van der Waals surface area contributed by atoms with E-state index in [0.717, 1.165) is 12.8 Å². The molecule has 1 aliphatic carbocycles. The molecule has 1 aromatic carbocycles. The predicted octanol–water partition coefficient (Wildman–Crippen LogP) is 3.14. The van der Waals surface area contributed by atoms with Crippen LogP contribution in [0, 0.1) is 11.7 Å². The standard InChI is InChI=1S/C20H17ClFN5O2/c21-13-1-4-19(23-10-13)29-18-8-12-7-17(18)26(11-12)20(28)15-9-14(22)2-3-16(15)27-24-5-6-25-27/h1-6,9-10,12,17-18H,7-8,11H2/t12-,17+,18-/m1/s1. The van der Waals surface area contributed by atoms with Crippen molar-refractivity contribution in [2.45, 2.75) is 25.0 Å². The summed E-state index contributed by atoms with van der Waals surface area (Å²) in [6.45, 7) is 0.625. The third-order valence-corrected chi connectivity index (χ3v) is 5.70. The third kappa shape index (κ3) is 3.33. The number of carbonyl (C=O) groups is 1. The number of aromatic nitrogens is 4. The zero-order valence-corrected chi connectivity index (χ0v) is 16.0. The Labute approximate surface area is 171 Å². The molecule has 1 amide bonds. The molecule has 1 saturated carbocycles. The van der Waals surface area contributed by atoms with Gasteiger partial charge in [-0.05, 0) is 43.0 Å². The average molecular weight is 414 g/mol. The fraction of sp³-hybridized carbons (Fsp3) is 0.300. The fourth-order valence-corrected chi connectivity index (χ4v) is 4.37. The fourth-order valence-electron chi connectivity index (χ4n) is 4.26. The molecule has 148 valence electrons. The van der Waals surface area contributed by atoms with E-state index < -0.39 is 5.82 Å². The number of likely N-dealkylation sites (tertiary alicyclic amines) is 1. The quantitative estimate of drug-likeness (QED) is 0.657. The van der Waals surface area contributed by atoms with Crippen molar-refractivity contribution in [3.05, 3.63) is 65.3 Å². The van der Waals surface area contributed by atoms with Crippen molar-refractivity contribution < 1.29 is 13.9 Å². The molecule has 2 bridgehead atoms. The maximum absolute atomic E-state index is 14.0. The highest BCUT2D eigenvalue weighted by Crippen LogP contribution is 2.40. The number of hydrogen-bond donors (Lipinski definition) is 0. The zero-order valence-electron chi connectivity index (χ0n) is 15.3. The van der Waals surface area contributed by atoms with E-state index in [1.165, 1.54) is 41.6 Å². The summed E-state index contributed by atoms with van der Waals surface area (Å²) in [4.78, 5) is 20.6. The van der Waals surface area contributed by atoms with Crippen LogP contribution >= 0.6 is 11.6 Å². The zero-order chi connectivity index (χ0) is 20.0. The van der Waals surface area contributed by atoms with Crippen molar-refractivity contribution in [2.75, 3.05) is 6.54 Å². The number of halogens is 2. The van der Waals surface area contributed by atoms with Gasteiger partial charge >= 0.3 is 0 Å². The topological polar surface area (TPSA) is 73.1 Å². The molecule has 1 aliphatic heterocycles. The summed E-state index contributed by atoms with van der Waals surface area (Å²) < 4.78 is 20.0. The van der Waals surface area contributed by atoms with Crippen LogP contribution in [0.3, 0.4) is 0 Å². The molecule has 0 radical (unpaired) electrons. The number of amides is 1. The Morgan fingerprint density at radius 1 is 1.17 bits per heavy atom. The van der Waals surface area contributed by atoms with E-state index in [2.05, 4.69) is 15.2 Å². The lowest BCUT2D eigenvalue weighted by atomic mass is 10.1. The van der Waals surface area contributed by atoms with Crippen LogP contribution in [0.4, 0.5) is 4.39 Å². The summed E-state index contributed by atoms with van der Waals surface area (Å²) in [5.74, 6) is 0.0982. The molecule has 9 heteroatoms. The first-order valence-corrected chi connectivity index (χ1v) is 9.72. The van der Waals surface area contributed by atoms with Crippen LogP contribution < -0.4 is 4.74 Å². The minimum atomic E-state index is -0.480. The van der Waals surface area contributed by atoms with Gasteiger partial charge in [-0.2, -0.15) is 15.0 Å². The smallest absolute Gasteiger partial charge is 0.256 e. The minimum absolute atomic E-state index is 0.0910. The number of carbonyl (C=O) groups excluding carboxylic acids is 1. The second-order valence-electron chi connectivity index (χ2n) is 7.31. The van der Waals surface area contributed by atoms with E-state index in [1.54, 1.807) is 17.0 Å². The Balaban J connectivity index is 1.41. The minimum Gasteiger partial charge on any atom is -0.472 e. The van der Waals surface area contributed by atoms with E-state index in [9.17, 15) is 9.18 Å². The SMILES string of the molecule is O=C(c1cc(F)ccc1-n1nccn1)N1C[C@H]2C[C@@H](Oc3ccc(Cl)cn3)[C@@H]1C2. The first kappa shape index (κ1) is 18.1. The molecular formula is C20H17ClFN5O2. The summed E-state index contributed by atoms with van der Waals surface area (Å²) in [5.41, 5.74) is 0.679. The molecule has 1 saturated heterocycles. The molecule has 2 fully saturated rings. The van der Waals surface area contributed by atoms with Gasteiger partial charge < -0.3 is 9.64 Å². The highest BCUT2D eigenvalue weighted by molar-refractivity contribution is 6.30. The van der Waals surface area contributed by atoms with Crippen LogP contribution in [-0.4, -0.2) is 49.5 Å². The van der Waals surface area contributed by atoms with Gasteiger partial charge in [0.25, 0.3) is 5.91 Å². The molecule has 3 atom stereocenters. The summed E-state index contributed by atoms with van der Waals surface area (Å²) >= 11 is 5.88. The van der Waals surface area contributed by atoms with E-state index in [-0.39, 0.29) is 23.6 Å². The van der Waals surface area contributed by atoms with Gasteiger partial charge in [-0.15, -0.1) is 0 Å². The van der Waals surface area contributed by atoms with Crippen molar-refractivity contribution in [1.82, 2.24) is 24.9 Å². The molecule has 5 rings (SSSR count). The molecular weight excluding hydrogens is 397 g/mol. The van der Waals surface area contributed by atoms with Crippen LogP contribution in [0.1, 0.15) is 23.2 Å². The molecule has 0 unspecified atom stereocenters. The normalized spacial score (nSPS) is 22.8. The Morgan fingerprint density at radius 3 is 2.72 bits per heavy atom. The molecule has 3 heterocycles.